The quantitative estimate of drug-likeness (QED) is 0.235. The molecule has 7 heteroatoms. The van der Waals surface area contributed by atoms with Crippen molar-refractivity contribution in [2.24, 2.45) is 0 Å². The zero-order chi connectivity index (χ0) is 27.0. The Morgan fingerprint density at radius 2 is 1.46 bits per heavy atom. The van der Waals surface area contributed by atoms with E-state index in [0.29, 0.717) is 0 Å². The molecule has 6 rings (SSSR count). The summed E-state index contributed by atoms with van der Waals surface area (Å²) in [4.78, 5) is 9.32. The Balaban J connectivity index is 1.16. The highest BCUT2D eigenvalue weighted by Gasteiger charge is 2.46. The van der Waals surface area contributed by atoms with Gasteiger partial charge in [0.25, 0.3) is 0 Å². The maximum absolute atomic E-state index is 6.50. The number of fused-ring (bicyclic) bond motifs is 1. The maximum Gasteiger partial charge on any atom is 0.113 e. The molecule has 0 amide bonds. The van der Waals surface area contributed by atoms with Crippen molar-refractivity contribution in [2.45, 2.75) is 69.7 Å². The molecule has 1 atom stereocenters. The van der Waals surface area contributed by atoms with E-state index in [1.54, 1.807) is 25.4 Å². The zero-order valence-electron chi connectivity index (χ0n) is 23.0. The molecule has 2 aromatic carbocycles. The molecule has 3 aliphatic rings. The van der Waals surface area contributed by atoms with Gasteiger partial charge >= 0.3 is 0 Å². The molecule has 0 radical (unpaired) electrons. The highest BCUT2D eigenvalue weighted by Crippen LogP contribution is 2.48. The summed E-state index contributed by atoms with van der Waals surface area (Å²) >= 11 is 17.4. The molecule has 4 heterocycles. The van der Waals surface area contributed by atoms with Crippen molar-refractivity contribution < 1.29 is 0 Å². The molecular formula is C32H38Cl2N2S2Si. The molecule has 0 N–H and O–H groups in total. The van der Waals surface area contributed by atoms with Crippen LogP contribution < -0.4 is 4.50 Å². The van der Waals surface area contributed by atoms with E-state index >= 15 is 0 Å². The number of thioether (sulfide) groups is 1. The number of nitrogens with zero attached hydrogens (tertiary/aromatic N) is 2. The number of hydrogen-bond acceptors (Lipinski definition) is 4. The summed E-state index contributed by atoms with van der Waals surface area (Å²) in [7, 11) is -1.64. The molecule has 206 valence electrons. The van der Waals surface area contributed by atoms with Gasteiger partial charge in [-0.2, -0.15) is 0 Å². The largest absolute Gasteiger partial charge is 0.295 e. The predicted octanol–water partition coefficient (Wildman–Crippen LogP) is 8.51. The smallest absolute Gasteiger partial charge is 0.113 e. The Labute approximate surface area is 253 Å². The van der Waals surface area contributed by atoms with Crippen LogP contribution in [-0.2, 0) is 26.1 Å². The van der Waals surface area contributed by atoms with Crippen molar-refractivity contribution >= 4 is 58.9 Å². The first kappa shape index (κ1) is 28.1. The molecule has 39 heavy (non-hydrogen) atoms. The Morgan fingerprint density at radius 1 is 0.846 bits per heavy atom. The molecular weight excluding hydrogens is 575 g/mol. The predicted molar refractivity (Wildman–Crippen MR) is 174 cm³/mol. The number of rotatable bonds is 8. The van der Waals surface area contributed by atoms with Crippen LogP contribution in [0.1, 0.15) is 48.3 Å². The monoisotopic (exact) mass is 612 g/mol. The van der Waals surface area contributed by atoms with Gasteiger partial charge in [0.15, 0.2) is 0 Å². The Morgan fingerprint density at radius 3 is 2.10 bits per heavy atom. The van der Waals surface area contributed by atoms with E-state index < -0.39 is 8.07 Å². The number of halogens is 2. The third-order valence-electron chi connectivity index (χ3n) is 9.20. The van der Waals surface area contributed by atoms with Crippen LogP contribution in [0.2, 0.25) is 22.1 Å². The van der Waals surface area contributed by atoms with Gasteiger partial charge in [-0.05, 0) is 69.1 Å². The number of hydrogen-bond donors (Lipinski definition) is 0. The van der Waals surface area contributed by atoms with Gasteiger partial charge in [-0.25, -0.2) is 0 Å². The minimum atomic E-state index is -1.64. The van der Waals surface area contributed by atoms with E-state index in [1.165, 1.54) is 42.5 Å². The van der Waals surface area contributed by atoms with E-state index in [1.807, 2.05) is 24.3 Å². The summed E-state index contributed by atoms with van der Waals surface area (Å²) in [5.41, 5.74) is 5.79. The third kappa shape index (κ3) is 5.70. The van der Waals surface area contributed by atoms with Crippen LogP contribution in [0.3, 0.4) is 0 Å². The second kappa shape index (κ2) is 12.0. The van der Waals surface area contributed by atoms with Crippen LogP contribution in [0.4, 0.5) is 0 Å². The maximum atomic E-state index is 6.50. The second-order valence-electron chi connectivity index (χ2n) is 11.4. The average Bonchev–Trinajstić information content (AvgIpc) is 3.57. The van der Waals surface area contributed by atoms with Gasteiger partial charge in [-0.1, -0.05) is 85.5 Å². The Hall–Kier alpha value is -1.05. The van der Waals surface area contributed by atoms with E-state index in [9.17, 15) is 0 Å². The molecule has 0 aliphatic carbocycles. The minimum absolute atomic E-state index is 0.775. The lowest BCUT2D eigenvalue weighted by Crippen LogP contribution is -2.54. The second-order valence-corrected chi connectivity index (χ2v) is 20.4. The van der Waals surface area contributed by atoms with E-state index in [-0.39, 0.29) is 0 Å². The van der Waals surface area contributed by atoms with Crippen molar-refractivity contribution in [2.75, 3.05) is 19.6 Å². The summed E-state index contributed by atoms with van der Waals surface area (Å²) in [5.74, 6) is 0. The molecule has 3 aromatic rings. The van der Waals surface area contributed by atoms with Gasteiger partial charge < -0.3 is 0 Å². The first-order valence-corrected chi connectivity index (χ1v) is 19.3. The van der Waals surface area contributed by atoms with Gasteiger partial charge in [-0.15, -0.1) is 23.1 Å². The van der Waals surface area contributed by atoms with Crippen molar-refractivity contribution in [1.29, 1.82) is 0 Å². The Kier molecular flexibility index (Phi) is 8.68. The molecule has 1 aromatic heterocycles. The summed E-state index contributed by atoms with van der Waals surface area (Å²) in [6, 6.07) is 22.0. The first-order chi connectivity index (χ1) is 19.0. The first-order valence-electron chi connectivity index (χ1n) is 14.4. The molecule has 0 fully saturated rings. The molecule has 1 unspecified atom stereocenters. The van der Waals surface area contributed by atoms with Crippen LogP contribution in [-0.4, -0.2) is 42.4 Å². The van der Waals surface area contributed by atoms with Crippen molar-refractivity contribution in [3.8, 4) is 0 Å². The van der Waals surface area contributed by atoms with Crippen LogP contribution in [0, 0.1) is 0 Å². The van der Waals surface area contributed by atoms with Crippen molar-refractivity contribution in [3.05, 3.63) is 96.7 Å². The van der Waals surface area contributed by atoms with E-state index in [0.717, 1.165) is 54.2 Å². The van der Waals surface area contributed by atoms with E-state index in [4.69, 9.17) is 23.2 Å². The fourth-order valence-corrected chi connectivity index (χ4v) is 18.2. The summed E-state index contributed by atoms with van der Waals surface area (Å²) in [5, 5.41) is 1.78. The van der Waals surface area contributed by atoms with Gasteiger partial charge in [-0.3, -0.25) is 9.80 Å². The van der Waals surface area contributed by atoms with E-state index in [2.05, 4.69) is 77.1 Å². The Bertz CT molecular complexity index is 1370. The highest BCUT2D eigenvalue weighted by molar-refractivity contribution is 8.05. The third-order valence-corrected chi connectivity index (χ3v) is 20.5. The molecule has 0 saturated heterocycles. The lowest BCUT2D eigenvalue weighted by Gasteiger charge is -2.34. The van der Waals surface area contributed by atoms with Crippen LogP contribution in [0.15, 0.2) is 65.1 Å². The summed E-state index contributed by atoms with van der Waals surface area (Å²) in [6.07, 6.45) is 3.66. The van der Waals surface area contributed by atoms with Gasteiger partial charge in [0.1, 0.15) is 8.07 Å². The van der Waals surface area contributed by atoms with Crippen molar-refractivity contribution in [1.82, 2.24) is 9.80 Å². The van der Waals surface area contributed by atoms with Crippen LogP contribution in [0.25, 0.3) is 0 Å². The molecule has 0 bridgehead atoms. The van der Waals surface area contributed by atoms with Crippen molar-refractivity contribution in [3.63, 3.8) is 0 Å². The molecule has 0 saturated carbocycles. The van der Waals surface area contributed by atoms with Gasteiger partial charge in [0.2, 0.25) is 0 Å². The van der Waals surface area contributed by atoms with Gasteiger partial charge in [0, 0.05) is 59.1 Å². The minimum Gasteiger partial charge on any atom is -0.295 e. The topological polar surface area (TPSA) is 6.48 Å². The lowest BCUT2D eigenvalue weighted by molar-refractivity contribution is 0.247. The zero-order valence-corrected chi connectivity index (χ0v) is 27.2. The SMILES string of the molecule is CC[Si](CC)(c1cc2c(s1)CCN(Cc1ccccc1Cl)C2)C1CC2=C(CCN(Cc3ccccc3Cl)C2)S1. The van der Waals surface area contributed by atoms with Crippen LogP contribution >= 0.6 is 46.3 Å². The molecule has 3 aliphatic heterocycles. The highest BCUT2D eigenvalue weighted by atomic mass is 35.5. The summed E-state index contributed by atoms with van der Waals surface area (Å²) < 4.78 is 1.77. The normalized spacial score (nSPS) is 20.4. The fourth-order valence-electron chi connectivity index (χ4n) is 6.79. The molecule has 0 spiro atoms. The number of benzene rings is 2. The lowest BCUT2D eigenvalue weighted by atomic mass is 10.1. The average molecular weight is 614 g/mol. The molecule has 2 nitrogen and oxygen atoms in total. The van der Waals surface area contributed by atoms with Crippen LogP contribution in [0.5, 0.6) is 0 Å². The fraction of sp³-hybridized carbons (Fsp3) is 0.438. The van der Waals surface area contributed by atoms with Gasteiger partial charge in [0.05, 0.1) is 0 Å². The summed E-state index contributed by atoms with van der Waals surface area (Å²) in [6.45, 7) is 11.3. The number of thiophene rings is 1. The standard InChI is InChI=1S/C32H38Cl2N2S2Si/c1-3-39(4-2,31-17-25-21-35(15-13-29(25)37-31)19-23-9-5-7-11-27(23)33)32-18-26-22-36(16-14-30(26)38-32)20-24-10-6-8-12-28(24)34/h5-12,17,32H,3-4,13-16,18-22H2,1-2H3.